The maximum atomic E-state index is 12.5. The smallest absolute Gasteiger partial charge is 0.260 e. The summed E-state index contributed by atoms with van der Waals surface area (Å²) >= 11 is 6.02. The minimum atomic E-state index is -3.84. The van der Waals surface area contributed by atoms with Gasteiger partial charge in [-0.25, -0.2) is 13.8 Å². The number of carbonyl (C=O) groups is 2. The second kappa shape index (κ2) is 13.6. The molecule has 206 valence electrons. The summed E-state index contributed by atoms with van der Waals surface area (Å²) in [5.74, 6) is -0.197. The SMILES string of the molecule is COc1ccc(Cl)cc1N(CC(=O)N/N=C\c1ccc(OCC(=O)N[C@@H](C)c2ccccc2)cc1)S(C)(=O)=O. The average Bonchev–Trinajstić information content (AvgIpc) is 2.91. The standard InChI is InChI=1S/C27H29ClN4O6S/c1-19(21-7-5-4-6-8-21)30-27(34)18-38-23-12-9-20(10-13-23)16-29-31-26(33)17-32(39(3,35)36)24-15-22(28)11-14-25(24)37-2/h4-16,19H,17-18H2,1-3H3,(H,30,34)(H,31,33)/b29-16-/t19-/m0/s1. The van der Waals surface area contributed by atoms with Crippen LogP contribution in [0.15, 0.2) is 77.9 Å². The van der Waals surface area contributed by atoms with Gasteiger partial charge < -0.3 is 14.8 Å². The zero-order valence-electron chi connectivity index (χ0n) is 21.6. The molecule has 0 heterocycles. The van der Waals surface area contributed by atoms with Gasteiger partial charge in [0.15, 0.2) is 6.61 Å². The topological polar surface area (TPSA) is 126 Å². The number of ether oxygens (including phenoxy) is 2. The summed E-state index contributed by atoms with van der Waals surface area (Å²) in [6.45, 7) is 1.21. The molecular formula is C27H29ClN4O6S. The molecule has 0 aliphatic rings. The van der Waals surface area contributed by atoms with Crippen molar-refractivity contribution in [3.8, 4) is 11.5 Å². The van der Waals surface area contributed by atoms with Crippen molar-refractivity contribution >= 4 is 45.3 Å². The zero-order chi connectivity index (χ0) is 28.4. The molecule has 0 spiro atoms. The van der Waals surface area contributed by atoms with Gasteiger partial charge in [-0.2, -0.15) is 5.10 Å². The number of hydrazone groups is 1. The van der Waals surface area contributed by atoms with Crippen LogP contribution in [0.2, 0.25) is 5.02 Å². The van der Waals surface area contributed by atoms with Crippen LogP contribution in [0.25, 0.3) is 0 Å². The van der Waals surface area contributed by atoms with Gasteiger partial charge >= 0.3 is 0 Å². The summed E-state index contributed by atoms with van der Waals surface area (Å²) in [5, 5.41) is 7.05. The fourth-order valence-electron chi connectivity index (χ4n) is 3.49. The molecular weight excluding hydrogens is 544 g/mol. The van der Waals surface area contributed by atoms with Gasteiger partial charge in [0.05, 0.1) is 31.3 Å². The van der Waals surface area contributed by atoms with Crippen molar-refractivity contribution in [2.24, 2.45) is 5.10 Å². The van der Waals surface area contributed by atoms with E-state index in [1.807, 2.05) is 37.3 Å². The lowest BCUT2D eigenvalue weighted by Crippen LogP contribution is -2.39. The predicted octanol–water partition coefficient (Wildman–Crippen LogP) is 3.52. The van der Waals surface area contributed by atoms with E-state index in [0.29, 0.717) is 11.3 Å². The number of rotatable bonds is 12. The Morgan fingerprint density at radius 2 is 1.74 bits per heavy atom. The second-order valence-corrected chi connectivity index (χ2v) is 10.8. The number of carbonyl (C=O) groups excluding carboxylic acids is 2. The zero-order valence-corrected chi connectivity index (χ0v) is 23.2. The van der Waals surface area contributed by atoms with Gasteiger partial charge in [-0.1, -0.05) is 41.9 Å². The van der Waals surface area contributed by atoms with Crippen molar-refractivity contribution in [3.63, 3.8) is 0 Å². The Morgan fingerprint density at radius 1 is 1.05 bits per heavy atom. The van der Waals surface area contributed by atoms with Crippen molar-refractivity contribution in [1.29, 1.82) is 0 Å². The molecule has 39 heavy (non-hydrogen) atoms. The number of methoxy groups -OCH3 is 1. The first-order valence-electron chi connectivity index (χ1n) is 11.8. The molecule has 1 atom stereocenters. The maximum absolute atomic E-state index is 12.5. The Balaban J connectivity index is 1.52. The van der Waals surface area contributed by atoms with Crippen LogP contribution < -0.4 is 24.5 Å². The lowest BCUT2D eigenvalue weighted by atomic mass is 10.1. The highest BCUT2D eigenvalue weighted by Gasteiger charge is 2.24. The van der Waals surface area contributed by atoms with E-state index in [0.717, 1.165) is 16.1 Å². The minimum Gasteiger partial charge on any atom is -0.495 e. The van der Waals surface area contributed by atoms with E-state index in [1.54, 1.807) is 30.3 Å². The number of amides is 2. The van der Waals surface area contributed by atoms with Crippen LogP contribution in [-0.2, 0) is 19.6 Å². The fourth-order valence-corrected chi connectivity index (χ4v) is 4.51. The molecule has 0 bridgehead atoms. The molecule has 0 radical (unpaired) electrons. The van der Waals surface area contributed by atoms with Gasteiger partial charge in [-0.15, -0.1) is 0 Å². The highest BCUT2D eigenvalue weighted by atomic mass is 35.5. The van der Waals surface area contributed by atoms with Crippen molar-refractivity contribution in [3.05, 3.63) is 88.9 Å². The highest BCUT2D eigenvalue weighted by Crippen LogP contribution is 2.32. The summed E-state index contributed by atoms with van der Waals surface area (Å²) in [5.41, 5.74) is 4.07. The monoisotopic (exact) mass is 572 g/mol. The molecule has 12 heteroatoms. The number of benzene rings is 3. The summed E-state index contributed by atoms with van der Waals surface area (Å²) in [7, 11) is -2.45. The molecule has 10 nitrogen and oxygen atoms in total. The van der Waals surface area contributed by atoms with Crippen LogP contribution in [0.3, 0.4) is 0 Å². The van der Waals surface area contributed by atoms with Crippen molar-refractivity contribution in [2.75, 3.05) is 30.8 Å². The van der Waals surface area contributed by atoms with Crippen LogP contribution in [0, 0.1) is 0 Å². The quantitative estimate of drug-likeness (QED) is 0.253. The number of sulfonamides is 1. The lowest BCUT2D eigenvalue weighted by molar-refractivity contribution is -0.123. The van der Waals surface area contributed by atoms with E-state index >= 15 is 0 Å². The minimum absolute atomic E-state index is 0.130. The maximum Gasteiger partial charge on any atom is 0.260 e. The summed E-state index contributed by atoms with van der Waals surface area (Å²) in [4.78, 5) is 24.7. The largest absolute Gasteiger partial charge is 0.495 e. The van der Waals surface area contributed by atoms with Crippen molar-refractivity contribution in [2.45, 2.75) is 13.0 Å². The van der Waals surface area contributed by atoms with Gasteiger partial charge in [-0.05, 0) is 60.5 Å². The van der Waals surface area contributed by atoms with E-state index in [2.05, 4.69) is 15.8 Å². The van der Waals surface area contributed by atoms with Gasteiger partial charge in [0.2, 0.25) is 10.0 Å². The third-order valence-corrected chi connectivity index (χ3v) is 6.79. The summed E-state index contributed by atoms with van der Waals surface area (Å²) in [6, 6.07) is 20.6. The molecule has 0 saturated carbocycles. The lowest BCUT2D eigenvalue weighted by Gasteiger charge is -2.23. The third kappa shape index (κ3) is 9.01. The molecule has 0 unspecified atom stereocenters. The fraction of sp³-hybridized carbons (Fsp3) is 0.222. The van der Waals surface area contributed by atoms with E-state index in [-0.39, 0.29) is 35.0 Å². The van der Waals surface area contributed by atoms with Crippen LogP contribution in [0.4, 0.5) is 5.69 Å². The number of nitrogens with zero attached hydrogens (tertiary/aromatic N) is 2. The Hall–Kier alpha value is -4.09. The van der Waals surface area contributed by atoms with Gasteiger partial charge in [0.25, 0.3) is 11.8 Å². The van der Waals surface area contributed by atoms with E-state index in [9.17, 15) is 18.0 Å². The molecule has 0 fully saturated rings. The number of anilines is 1. The van der Waals surface area contributed by atoms with E-state index in [4.69, 9.17) is 21.1 Å². The van der Waals surface area contributed by atoms with Gasteiger partial charge in [0.1, 0.15) is 18.0 Å². The number of nitrogens with one attached hydrogen (secondary N) is 2. The first-order valence-corrected chi connectivity index (χ1v) is 14.0. The molecule has 2 amide bonds. The van der Waals surface area contributed by atoms with Crippen LogP contribution >= 0.6 is 11.6 Å². The van der Waals surface area contributed by atoms with Crippen LogP contribution in [0.1, 0.15) is 24.1 Å². The molecule has 3 rings (SSSR count). The average molecular weight is 573 g/mol. The first-order chi connectivity index (χ1) is 18.6. The Bertz CT molecular complexity index is 1420. The molecule has 0 aliphatic carbocycles. The normalized spacial score (nSPS) is 12.0. The van der Waals surface area contributed by atoms with Crippen LogP contribution in [0.5, 0.6) is 11.5 Å². The molecule has 0 aromatic heterocycles. The number of hydrogen-bond acceptors (Lipinski definition) is 7. The van der Waals surface area contributed by atoms with Gasteiger partial charge in [0, 0.05) is 5.02 Å². The Morgan fingerprint density at radius 3 is 2.38 bits per heavy atom. The molecule has 0 aliphatic heterocycles. The summed E-state index contributed by atoms with van der Waals surface area (Å²) < 4.78 is 36.4. The van der Waals surface area contributed by atoms with Crippen LogP contribution in [-0.4, -0.2) is 53.0 Å². The van der Waals surface area contributed by atoms with E-state index in [1.165, 1.54) is 25.5 Å². The predicted molar refractivity (Wildman–Crippen MR) is 151 cm³/mol. The highest BCUT2D eigenvalue weighted by molar-refractivity contribution is 7.92. The number of hydrogen-bond donors (Lipinski definition) is 2. The van der Waals surface area contributed by atoms with Gasteiger partial charge in [-0.3, -0.25) is 13.9 Å². The van der Waals surface area contributed by atoms with E-state index < -0.39 is 22.5 Å². The molecule has 0 saturated heterocycles. The summed E-state index contributed by atoms with van der Waals surface area (Å²) in [6.07, 6.45) is 2.36. The van der Waals surface area contributed by atoms with Crippen molar-refractivity contribution < 1.29 is 27.5 Å². The van der Waals surface area contributed by atoms with Crippen molar-refractivity contribution in [1.82, 2.24) is 10.7 Å². The molecule has 3 aromatic rings. The Labute approximate surface area is 232 Å². The second-order valence-electron chi connectivity index (χ2n) is 8.44. The number of halogens is 1. The molecule has 2 N–H and O–H groups in total. The first kappa shape index (κ1) is 29.5. The molecule has 3 aromatic carbocycles. The Kier molecular flexibility index (Phi) is 10.3. The third-order valence-electron chi connectivity index (χ3n) is 5.43.